The average molecular weight is 344 g/mol. The number of carbonyl (C=O) groups excluding carboxylic acids is 1. The Balaban J connectivity index is 2.96. The van der Waals surface area contributed by atoms with Gasteiger partial charge in [0.25, 0.3) is 0 Å². The van der Waals surface area contributed by atoms with Gasteiger partial charge in [0.1, 0.15) is 5.78 Å². The molecule has 0 spiro atoms. The first-order valence-corrected chi connectivity index (χ1v) is 6.57. The maximum absolute atomic E-state index is 12.6. The normalized spacial score (nSPS) is 13.4. The highest BCUT2D eigenvalue weighted by atomic mass is 79.9. The summed E-state index contributed by atoms with van der Waals surface area (Å²) >= 11 is 8.68. The van der Waals surface area contributed by atoms with Crippen molar-refractivity contribution in [2.75, 3.05) is 0 Å². The molecule has 1 aromatic rings. The highest BCUT2D eigenvalue weighted by molar-refractivity contribution is 9.10. The van der Waals surface area contributed by atoms with Gasteiger partial charge in [0, 0.05) is 6.42 Å². The summed E-state index contributed by atoms with van der Waals surface area (Å²) in [6.45, 7) is 1.71. The summed E-state index contributed by atoms with van der Waals surface area (Å²) in [5.74, 6) is -0.0430. The summed E-state index contributed by atoms with van der Waals surface area (Å²) in [4.78, 5) is 10.9. The summed E-state index contributed by atoms with van der Waals surface area (Å²) in [6, 6.07) is 3.68. The standard InChI is InChI=1S/C12H11BrClF3O/c1-2-11(18)9(13)6-7-3-4-10(14)8(5-7)12(15,16)17/h3-5,9H,2,6H2,1H3. The Morgan fingerprint density at radius 2 is 2.06 bits per heavy atom. The van der Waals surface area contributed by atoms with Crippen LogP contribution in [0.15, 0.2) is 18.2 Å². The molecule has 18 heavy (non-hydrogen) atoms. The van der Waals surface area contributed by atoms with E-state index in [2.05, 4.69) is 15.9 Å². The molecule has 0 fully saturated rings. The van der Waals surface area contributed by atoms with Crippen molar-refractivity contribution < 1.29 is 18.0 Å². The third kappa shape index (κ3) is 3.99. The molecule has 6 heteroatoms. The quantitative estimate of drug-likeness (QED) is 0.728. The lowest BCUT2D eigenvalue weighted by molar-refractivity contribution is -0.137. The van der Waals surface area contributed by atoms with E-state index in [1.165, 1.54) is 12.1 Å². The Labute approximate surface area is 116 Å². The van der Waals surface area contributed by atoms with Crippen LogP contribution in [0.5, 0.6) is 0 Å². The van der Waals surface area contributed by atoms with E-state index in [1.54, 1.807) is 6.92 Å². The molecule has 100 valence electrons. The Kier molecular flexibility index (Phi) is 5.22. The minimum Gasteiger partial charge on any atom is -0.298 e. The van der Waals surface area contributed by atoms with E-state index in [1.807, 2.05) is 0 Å². The van der Waals surface area contributed by atoms with Crippen LogP contribution in [0, 0.1) is 0 Å². The second-order valence-electron chi connectivity index (χ2n) is 3.80. The predicted octanol–water partition coefficient (Wildman–Crippen LogP) is 4.64. The molecule has 0 aliphatic carbocycles. The molecule has 0 radical (unpaired) electrons. The molecule has 0 saturated carbocycles. The molecular weight excluding hydrogens is 332 g/mol. The third-order valence-electron chi connectivity index (χ3n) is 2.45. The molecular formula is C12H11BrClF3O. The summed E-state index contributed by atoms with van der Waals surface area (Å²) in [6.07, 6.45) is -3.92. The van der Waals surface area contributed by atoms with Gasteiger partial charge in [0.2, 0.25) is 0 Å². The fraction of sp³-hybridized carbons (Fsp3) is 0.417. The van der Waals surface area contributed by atoms with Crippen molar-refractivity contribution in [2.24, 2.45) is 0 Å². The molecule has 1 nitrogen and oxygen atoms in total. The molecule has 0 aliphatic rings. The fourth-order valence-electron chi connectivity index (χ4n) is 1.46. The number of benzene rings is 1. The van der Waals surface area contributed by atoms with E-state index in [0.717, 1.165) is 6.07 Å². The minimum atomic E-state index is -4.48. The summed E-state index contributed by atoms with van der Waals surface area (Å²) in [7, 11) is 0. The average Bonchev–Trinajstić information content (AvgIpc) is 2.29. The van der Waals surface area contributed by atoms with Gasteiger partial charge in [-0.25, -0.2) is 0 Å². The van der Waals surface area contributed by atoms with Crippen molar-refractivity contribution in [3.05, 3.63) is 34.3 Å². The van der Waals surface area contributed by atoms with E-state index in [9.17, 15) is 18.0 Å². The van der Waals surface area contributed by atoms with Crippen LogP contribution in [-0.4, -0.2) is 10.6 Å². The molecule has 0 saturated heterocycles. The van der Waals surface area contributed by atoms with Gasteiger partial charge in [-0.1, -0.05) is 40.5 Å². The van der Waals surface area contributed by atoms with Gasteiger partial charge in [-0.3, -0.25) is 4.79 Å². The molecule has 0 bridgehead atoms. The molecule has 1 unspecified atom stereocenters. The lowest BCUT2D eigenvalue weighted by Gasteiger charge is -2.12. The van der Waals surface area contributed by atoms with Gasteiger partial charge in [0.05, 0.1) is 15.4 Å². The van der Waals surface area contributed by atoms with Crippen LogP contribution in [0.2, 0.25) is 5.02 Å². The summed E-state index contributed by atoms with van der Waals surface area (Å²) in [5, 5.41) is -0.334. The van der Waals surface area contributed by atoms with Crippen molar-refractivity contribution in [2.45, 2.75) is 30.8 Å². The fourth-order valence-corrected chi connectivity index (χ4v) is 2.38. The van der Waals surface area contributed by atoms with Crippen LogP contribution in [0.3, 0.4) is 0 Å². The first-order chi connectivity index (χ1) is 8.25. The Bertz CT molecular complexity index is 445. The lowest BCUT2D eigenvalue weighted by atomic mass is 10.0. The number of halogens is 5. The number of ketones is 1. The topological polar surface area (TPSA) is 17.1 Å². The molecule has 1 rings (SSSR count). The lowest BCUT2D eigenvalue weighted by Crippen LogP contribution is -2.16. The third-order valence-corrected chi connectivity index (χ3v) is 3.61. The van der Waals surface area contributed by atoms with Crippen molar-refractivity contribution in [1.82, 2.24) is 0 Å². The van der Waals surface area contributed by atoms with Gasteiger partial charge >= 0.3 is 6.18 Å². The first-order valence-electron chi connectivity index (χ1n) is 5.28. The predicted molar refractivity (Wildman–Crippen MR) is 68.2 cm³/mol. The van der Waals surface area contributed by atoms with Crippen molar-refractivity contribution in [1.29, 1.82) is 0 Å². The largest absolute Gasteiger partial charge is 0.417 e. The molecule has 1 atom stereocenters. The SMILES string of the molecule is CCC(=O)C(Br)Cc1ccc(Cl)c(C(F)(F)F)c1. The number of carbonyl (C=O) groups is 1. The molecule has 0 N–H and O–H groups in total. The van der Waals surface area contributed by atoms with Gasteiger partial charge < -0.3 is 0 Å². The van der Waals surface area contributed by atoms with Crippen LogP contribution < -0.4 is 0 Å². The minimum absolute atomic E-state index is 0.0430. The summed E-state index contributed by atoms with van der Waals surface area (Å²) in [5.41, 5.74) is -0.444. The Hall–Kier alpha value is -0.550. The maximum atomic E-state index is 12.6. The highest BCUT2D eigenvalue weighted by Crippen LogP contribution is 2.35. The van der Waals surface area contributed by atoms with Crippen LogP contribution in [0.25, 0.3) is 0 Å². The van der Waals surface area contributed by atoms with Gasteiger partial charge in [-0.05, 0) is 24.1 Å². The van der Waals surface area contributed by atoms with Crippen molar-refractivity contribution in [3.8, 4) is 0 Å². The van der Waals surface area contributed by atoms with E-state index in [0.29, 0.717) is 12.0 Å². The van der Waals surface area contributed by atoms with Crippen LogP contribution in [0.1, 0.15) is 24.5 Å². The van der Waals surface area contributed by atoms with Gasteiger partial charge in [-0.2, -0.15) is 13.2 Å². The number of hydrogen-bond donors (Lipinski definition) is 0. The van der Waals surface area contributed by atoms with E-state index in [-0.39, 0.29) is 17.2 Å². The number of Topliss-reactive ketones (excluding diaryl/α,β-unsaturated/α-hetero) is 1. The number of hydrogen-bond acceptors (Lipinski definition) is 1. The zero-order valence-electron chi connectivity index (χ0n) is 9.52. The molecule has 0 heterocycles. The summed E-state index contributed by atoms with van der Waals surface area (Å²) < 4.78 is 37.9. The molecule has 0 aliphatic heterocycles. The van der Waals surface area contributed by atoms with Gasteiger partial charge in [0.15, 0.2) is 0 Å². The second-order valence-corrected chi connectivity index (χ2v) is 5.32. The molecule has 0 amide bonds. The monoisotopic (exact) mass is 342 g/mol. The second kappa shape index (κ2) is 6.06. The molecule has 0 aromatic heterocycles. The number of alkyl halides is 4. The van der Waals surface area contributed by atoms with Crippen LogP contribution in [0.4, 0.5) is 13.2 Å². The van der Waals surface area contributed by atoms with Crippen LogP contribution in [-0.2, 0) is 17.4 Å². The van der Waals surface area contributed by atoms with E-state index in [4.69, 9.17) is 11.6 Å². The first kappa shape index (κ1) is 15.5. The van der Waals surface area contributed by atoms with E-state index < -0.39 is 16.6 Å². The number of rotatable bonds is 4. The van der Waals surface area contributed by atoms with Crippen molar-refractivity contribution in [3.63, 3.8) is 0 Å². The maximum Gasteiger partial charge on any atom is 0.417 e. The zero-order valence-corrected chi connectivity index (χ0v) is 11.9. The van der Waals surface area contributed by atoms with Gasteiger partial charge in [-0.15, -0.1) is 0 Å². The Morgan fingerprint density at radius 3 is 2.56 bits per heavy atom. The highest BCUT2D eigenvalue weighted by Gasteiger charge is 2.33. The van der Waals surface area contributed by atoms with Crippen LogP contribution >= 0.6 is 27.5 Å². The Morgan fingerprint density at radius 1 is 1.44 bits per heavy atom. The van der Waals surface area contributed by atoms with Crippen molar-refractivity contribution >= 4 is 33.3 Å². The smallest absolute Gasteiger partial charge is 0.298 e. The molecule has 1 aromatic carbocycles. The zero-order chi connectivity index (χ0) is 13.9. The van der Waals surface area contributed by atoms with E-state index >= 15 is 0 Å².